The molecule has 31 heavy (non-hydrogen) atoms. The molecule has 0 aliphatic heterocycles. The van der Waals surface area contributed by atoms with Crippen LogP contribution in [0.1, 0.15) is 21.9 Å². The first kappa shape index (κ1) is 22.4. The van der Waals surface area contributed by atoms with E-state index in [0.29, 0.717) is 10.7 Å². The van der Waals surface area contributed by atoms with Gasteiger partial charge >= 0.3 is 0 Å². The largest absolute Gasteiger partial charge is 0.383 e. The number of nitrogens with two attached hydrogens (primary N) is 1. The molecule has 2 amide bonds. The fourth-order valence-electron chi connectivity index (χ4n) is 3.04. The summed E-state index contributed by atoms with van der Waals surface area (Å²) < 4.78 is 13.7. The van der Waals surface area contributed by atoms with Gasteiger partial charge in [-0.1, -0.05) is 42.5 Å². The zero-order chi connectivity index (χ0) is 22.2. The number of nitrogens with one attached hydrogen (secondary N) is 2. The van der Waals surface area contributed by atoms with Gasteiger partial charge in [0.25, 0.3) is 0 Å². The number of anilines is 1. The number of nitrogens with zero attached hydrogens (tertiary/aromatic N) is 1. The van der Waals surface area contributed by atoms with E-state index < -0.39 is 29.7 Å². The minimum atomic E-state index is -1.27. The number of benzene rings is 2. The number of hydrogen-bond acceptors (Lipinski definition) is 6. The zero-order valence-electron chi connectivity index (χ0n) is 16.6. The first-order chi connectivity index (χ1) is 14.9. The van der Waals surface area contributed by atoms with Crippen molar-refractivity contribution >= 4 is 28.3 Å². The number of aliphatic hydroxyl groups is 1. The topological polar surface area (TPSA) is 117 Å². The lowest BCUT2D eigenvalue weighted by atomic mass is 9.97. The van der Waals surface area contributed by atoms with Crippen molar-refractivity contribution in [3.63, 3.8) is 0 Å². The fourth-order valence-corrected chi connectivity index (χ4v) is 3.66. The quantitative estimate of drug-likeness (QED) is 0.404. The van der Waals surface area contributed by atoms with Gasteiger partial charge in [-0.25, -0.2) is 9.37 Å². The molecule has 0 saturated heterocycles. The van der Waals surface area contributed by atoms with Crippen LogP contribution < -0.4 is 16.4 Å². The van der Waals surface area contributed by atoms with Gasteiger partial charge < -0.3 is 21.5 Å². The Hall–Kier alpha value is -3.30. The van der Waals surface area contributed by atoms with Gasteiger partial charge in [0.1, 0.15) is 11.9 Å². The summed E-state index contributed by atoms with van der Waals surface area (Å²) in [6.07, 6.45) is 0.453. The second kappa shape index (κ2) is 10.6. The van der Waals surface area contributed by atoms with Crippen molar-refractivity contribution in [1.29, 1.82) is 0 Å². The number of nitrogen functional groups attached to an aromatic ring is 1. The summed E-state index contributed by atoms with van der Waals surface area (Å²) in [5.41, 5.74) is 6.83. The number of rotatable bonds is 9. The average Bonchev–Trinajstić information content (AvgIpc) is 3.18. The van der Waals surface area contributed by atoms with Gasteiger partial charge in [-0.15, -0.1) is 11.3 Å². The first-order valence-corrected chi connectivity index (χ1v) is 10.5. The molecule has 0 aliphatic rings. The van der Waals surface area contributed by atoms with Gasteiger partial charge in [-0.05, 0) is 23.3 Å². The van der Waals surface area contributed by atoms with Crippen molar-refractivity contribution in [1.82, 2.24) is 15.6 Å². The number of amides is 2. The molecule has 0 spiro atoms. The smallest absolute Gasteiger partial charge is 0.249 e. The Labute approximate surface area is 183 Å². The fraction of sp³-hybridized carbons (Fsp3) is 0.227. The van der Waals surface area contributed by atoms with Gasteiger partial charge in [0.15, 0.2) is 5.13 Å². The molecule has 9 heteroatoms. The number of aliphatic hydroxyl groups excluding tert-OH is 1. The van der Waals surface area contributed by atoms with E-state index >= 15 is 0 Å². The Kier molecular flexibility index (Phi) is 7.69. The Bertz CT molecular complexity index is 1030. The van der Waals surface area contributed by atoms with Gasteiger partial charge in [-0.2, -0.15) is 0 Å². The Morgan fingerprint density at radius 3 is 2.55 bits per heavy atom. The molecule has 7 nitrogen and oxygen atoms in total. The van der Waals surface area contributed by atoms with Crippen molar-refractivity contribution in [3.8, 4) is 0 Å². The molecule has 0 fully saturated rings. The van der Waals surface area contributed by atoms with Crippen LogP contribution in [-0.4, -0.2) is 34.6 Å². The number of halogens is 1. The maximum absolute atomic E-state index is 13.7. The molecule has 2 atom stereocenters. The Balaban J connectivity index is 1.64. The van der Waals surface area contributed by atoms with Crippen LogP contribution in [0.15, 0.2) is 60.8 Å². The highest BCUT2D eigenvalue weighted by atomic mass is 32.1. The molecule has 1 heterocycles. The third-order valence-corrected chi connectivity index (χ3v) is 5.46. The molecular weight excluding hydrogens is 419 g/mol. The number of carbonyl (C=O) groups is 2. The lowest BCUT2D eigenvalue weighted by Gasteiger charge is -2.19. The lowest BCUT2D eigenvalue weighted by Crippen LogP contribution is -2.41. The zero-order valence-corrected chi connectivity index (χ0v) is 17.4. The summed E-state index contributed by atoms with van der Waals surface area (Å²) in [5, 5.41) is 16.0. The molecule has 0 radical (unpaired) electrons. The minimum absolute atomic E-state index is 0.0925. The molecule has 3 aromatic rings. The Morgan fingerprint density at radius 2 is 1.87 bits per heavy atom. The average molecular weight is 443 g/mol. The summed E-state index contributed by atoms with van der Waals surface area (Å²) in [5.74, 6) is -2.32. The van der Waals surface area contributed by atoms with E-state index in [0.717, 1.165) is 10.4 Å². The van der Waals surface area contributed by atoms with Crippen molar-refractivity contribution in [3.05, 3.63) is 82.6 Å². The van der Waals surface area contributed by atoms with E-state index in [4.69, 9.17) is 5.73 Å². The minimum Gasteiger partial charge on any atom is -0.383 e. The molecular formula is C22H23FN4O3S. The van der Waals surface area contributed by atoms with Crippen LogP contribution in [0, 0.1) is 5.82 Å². The highest BCUT2D eigenvalue weighted by Crippen LogP contribution is 2.18. The molecule has 0 saturated carbocycles. The van der Waals surface area contributed by atoms with E-state index in [-0.39, 0.29) is 19.5 Å². The van der Waals surface area contributed by atoms with Crippen LogP contribution in [0.25, 0.3) is 0 Å². The summed E-state index contributed by atoms with van der Waals surface area (Å²) in [7, 11) is 0. The van der Waals surface area contributed by atoms with Gasteiger partial charge in [0.05, 0.1) is 12.5 Å². The summed E-state index contributed by atoms with van der Waals surface area (Å²) in [6.45, 7) is 0.120. The molecule has 0 bridgehead atoms. The van der Waals surface area contributed by atoms with Gasteiger partial charge in [0.2, 0.25) is 11.8 Å². The summed E-state index contributed by atoms with van der Waals surface area (Å²) in [4.78, 5) is 29.9. The number of thiazole rings is 1. The van der Waals surface area contributed by atoms with Crippen molar-refractivity contribution in [2.24, 2.45) is 0 Å². The second-order valence-corrected chi connectivity index (χ2v) is 8.09. The van der Waals surface area contributed by atoms with Crippen LogP contribution in [0.2, 0.25) is 0 Å². The Morgan fingerprint density at radius 1 is 1.10 bits per heavy atom. The van der Waals surface area contributed by atoms with E-state index in [2.05, 4.69) is 15.6 Å². The van der Waals surface area contributed by atoms with Crippen molar-refractivity contribution in [2.75, 3.05) is 12.3 Å². The number of aromatic nitrogens is 1. The maximum Gasteiger partial charge on any atom is 0.249 e. The van der Waals surface area contributed by atoms with Gasteiger partial charge in [-0.3, -0.25) is 9.59 Å². The first-order valence-electron chi connectivity index (χ1n) is 9.65. The predicted molar refractivity (Wildman–Crippen MR) is 117 cm³/mol. The normalized spacial score (nSPS) is 12.7. The predicted octanol–water partition coefficient (Wildman–Crippen LogP) is 1.98. The molecule has 162 valence electrons. The monoisotopic (exact) mass is 442 g/mol. The van der Waals surface area contributed by atoms with Crippen LogP contribution in [0.3, 0.4) is 0 Å². The highest BCUT2D eigenvalue weighted by Gasteiger charge is 2.24. The number of hydrogen-bond donors (Lipinski definition) is 4. The van der Waals surface area contributed by atoms with Crippen molar-refractivity contribution in [2.45, 2.75) is 25.0 Å². The van der Waals surface area contributed by atoms with E-state index in [1.165, 1.54) is 29.5 Å². The molecule has 3 rings (SSSR count). The SMILES string of the molecule is Nc1ncc(CNC(=O)[C@@H](CNC(=O)[C@H](O)Cc2ccccc2)c2cccc(F)c2)s1. The molecule has 0 aliphatic carbocycles. The number of carbonyl (C=O) groups excluding carboxylic acids is 2. The third-order valence-electron chi connectivity index (χ3n) is 4.63. The van der Waals surface area contributed by atoms with Gasteiger partial charge in [0, 0.05) is 24.0 Å². The van der Waals surface area contributed by atoms with E-state index in [1.54, 1.807) is 12.3 Å². The lowest BCUT2D eigenvalue weighted by molar-refractivity contribution is -0.129. The van der Waals surface area contributed by atoms with Crippen LogP contribution in [0.5, 0.6) is 0 Å². The summed E-state index contributed by atoms with van der Waals surface area (Å²) >= 11 is 1.25. The molecule has 1 aromatic heterocycles. The van der Waals surface area contributed by atoms with Crippen LogP contribution >= 0.6 is 11.3 Å². The van der Waals surface area contributed by atoms with E-state index in [9.17, 15) is 19.1 Å². The summed E-state index contributed by atoms with van der Waals surface area (Å²) in [6, 6.07) is 14.8. The molecule has 5 N–H and O–H groups in total. The second-order valence-electron chi connectivity index (χ2n) is 6.94. The highest BCUT2D eigenvalue weighted by molar-refractivity contribution is 7.15. The van der Waals surface area contributed by atoms with Crippen LogP contribution in [0.4, 0.5) is 9.52 Å². The third kappa shape index (κ3) is 6.59. The maximum atomic E-state index is 13.7. The van der Waals surface area contributed by atoms with Crippen LogP contribution in [-0.2, 0) is 22.6 Å². The van der Waals surface area contributed by atoms with Crippen molar-refractivity contribution < 1.29 is 19.1 Å². The molecule has 2 aromatic carbocycles. The molecule has 0 unspecified atom stereocenters. The standard InChI is InChI=1S/C22H23FN4O3S/c23-16-8-4-7-15(10-16)18(20(29)25-11-17-12-27-22(24)31-17)13-26-21(30)19(28)9-14-5-2-1-3-6-14/h1-8,10,12,18-19,28H,9,11,13H2,(H2,24,27)(H,25,29)(H,26,30)/t18-,19+/m0/s1. The van der Waals surface area contributed by atoms with E-state index in [1.807, 2.05) is 30.3 Å².